The van der Waals surface area contributed by atoms with E-state index in [9.17, 15) is 4.79 Å². The fraction of sp³-hybridized carbons (Fsp3) is 0.176. The SMILES string of the molecule is COc1ccccc1NC(=O)COc1ccc(/C=N/O)cc1OC. The maximum atomic E-state index is 12.0. The molecule has 0 aliphatic rings. The molecule has 2 N–H and O–H groups in total. The van der Waals surface area contributed by atoms with Crippen LogP contribution < -0.4 is 19.5 Å². The van der Waals surface area contributed by atoms with Crippen molar-refractivity contribution in [2.45, 2.75) is 0 Å². The average Bonchev–Trinajstić information content (AvgIpc) is 2.61. The van der Waals surface area contributed by atoms with Gasteiger partial charge in [-0.2, -0.15) is 0 Å². The van der Waals surface area contributed by atoms with Crippen molar-refractivity contribution in [1.82, 2.24) is 0 Å². The van der Waals surface area contributed by atoms with Crippen molar-refractivity contribution in [3.63, 3.8) is 0 Å². The molecule has 0 aliphatic carbocycles. The van der Waals surface area contributed by atoms with Crippen LogP contribution in [0.2, 0.25) is 0 Å². The summed E-state index contributed by atoms with van der Waals surface area (Å²) in [6.45, 7) is -0.193. The molecular weight excluding hydrogens is 312 g/mol. The van der Waals surface area contributed by atoms with Crippen LogP contribution in [0.3, 0.4) is 0 Å². The molecule has 2 aromatic rings. The molecule has 7 nitrogen and oxygen atoms in total. The number of methoxy groups -OCH3 is 2. The van der Waals surface area contributed by atoms with Gasteiger partial charge in [0, 0.05) is 5.56 Å². The highest BCUT2D eigenvalue weighted by Crippen LogP contribution is 2.28. The summed E-state index contributed by atoms with van der Waals surface area (Å²) in [4.78, 5) is 12.0. The Morgan fingerprint density at radius 2 is 1.88 bits per heavy atom. The standard InChI is InChI=1S/C17H18N2O5/c1-22-14-6-4-3-5-13(14)19-17(20)11-24-15-8-7-12(10-18-21)9-16(15)23-2/h3-10,21H,11H2,1-2H3,(H,19,20)/b18-10+. The number of hydrogen-bond acceptors (Lipinski definition) is 6. The molecule has 0 unspecified atom stereocenters. The van der Waals surface area contributed by atoms with Crippen LogP contribution in [0.5, 0.6) is 17.2 Å². The molecule has 126 valence electrons. The average molecular weight is 330 g/mol. The van der Waals surface area contributed by atoms with Crippen molar-refractivity contribution in [3.8, 4) is 17.2 Å². The number of nitrogens with one attached hydrogen (secondary N) is 1. The number of carbonyl (C=O) groups excluding carboxylic acids is 1. The van der Waals surface area contributed by atoms with Crippen LogP contribution in [0.1, 0.15) is 5.56 Å². The van der Waals surface area contributed by atoms with Gasteiger partial charge in [0.1, 0.15) is 5.75 Å². The first-order chi connectivity index (χ1) is 11.7. The van der Waals surface area contributed by atoms with Crippen LogP contribution in [-0.2, 0) is 4.79 Å². The van der Waals surface area contributed by atoms with Crippen LogP contribution in [0, 0.1) is 0 Å². The second kappa shape index (κ2) is 8.42. The van der Waals surface area contributed by atoms with Gasteiger partial charge in [-0.15, -0.1) is 0 Å². The Morgan fingerprint density at radius 1 is 1.12 bits per heavy atom. The van der Waals surface area contributed by atoms with Crippen LogP contribution in [0.4, 0.5) is 5.69 Å². The lowest BCUT2D eigenvalue weighted by Crippen LogP contribution is -2.20. The minimum Gasteiger partial charge on any atom is -0.495 e. The van der Waals surface area contributed by atoms with Crippen molar-refractivity contribution >= 4 is 17.8 Å². The maximum absolute atomic E-state index is 12.0. The Bertz CT molecular complexity index is 731. The predicted molar refractivity (Wildman–Crippen MR) is 89.5 cm³/mol. The Hall–Kier alpha value is -3.22. The molecule has 2 rings (SSSR count). The van der Waals surface area contributed by atoms with E-state index in [1.807, 2.05) is 6.07 Å². The molecule has 0 spiro atoms. The molecular formula is C17H18N2O5. The van der Waals surface area contributed by atoms with Gasteiger partial charge in [0.2, 0.25) is 0 Å². The fourth-order valence-corrected chi connectivity index (χ4v) is 2.03. The van der Waals surface area contributed by atoms with Gasteiger partial charge in [-0.1, -0.05) is 17.3 Å². The topological polar surface area (TPSA) is 89.4 Å². The molecule has 1 amide bonds. The summed E-state index contributed by atoms with van der Waals surface area (Å²) in [5.74, 6) is 1.07. The minimum absolute atomic E-state index is 0.193. The van der Waals surface area contributed by atoms with Crippen molar-refractivity contribution in [1.29, 1.82) is 0 Å². The smallest absolute Gasteiger partial charge is 0.262 e. The van der Waals surface area contributed by atoms with Crippen molar-refractivity contribution in [3.05, 3.63) is 48.0 Å². The van der Waals surface area contributed by atoms with E-state index in [0.717, 1.165) is 0 Å². The Balaban J connectivity index is 2.01. The van der Waals surface area contributed by atoms with Crippen LogP contribution in [0.25, 0.3) is 0 Å². The summed E-state index contributed by atoms with van der Waals surface area (Å²) >= 11 is 0. The molecule has 0 atom stereocenters. The fourth-order valence-electron chi connectivity index (χ4n) is 2.03. The van der Waals surface area contributed by atoms with E-state index in [1.54, 1.807) is 36.4 Å². The van der Waals surface area contributed by atoms with Crippen molar-refractivity contribution in [2.75, 3.05) is 26.1 Å². The molecule has 7 heteroatoms. The van der Waals surface area contributed by atoms with Gasteiger partial charge in [0.25, 0.3) is 5.91 Å². The molecule has 0 aromatic heterocycles. The zero-order valence-corrected chi connectivity index (χ0v) is 13.4. The Morgan fingerprint density at radius 3 is 2.58 bits per heavy atom. The monoisotopic (exact) mass is 330 g/mol. The molecule has 0 bridgehead atoms. The number of benzene rings is 2. The summed E-state index contributed by atoms with van der Waals surface area (Å²) in [6, 6.07) is 12.0. The molecule has 0 saturated carbocycles. The second-order valence-corrected chi connectivity index (χ2v) is 4.69. The summed E-state index contributed by atoms with van der Waals surface area (Å²) in [5, 5.41) is 14.2. The van der Waals surface area contributed by atoms with E-state index in [-0.39, 0.29) is 12.5 Å². The van der Waals surface area contributed by atoms with Gasteiger partial charge in [0.05, 0.1) is 26.1 Å². The van der Waals surface area contributed by atoms with E-state index in [2.05, 4.69) is 10.5 Å². The highest BCUT2D eigenvalue weighted by Gasteiger charge is 2.10. The molecule has 2 aromatic carbocycles. The first kappa shape index (κ1) is 17.1. The first-order valence-corrected chi connectivity index (χ1v) is 7.09. The predicted octanol–water partition coefficient (Wildman–Crippen LogP) is 2.53. The van der Waals surface area contributed by atoms with E-state index < -0.39 is 0 Å². The molecule has 0 saturated heterocycles. The van der Waals surface area contributed by atoms with Crippen LogP contribution in [0.15, 0.2) is 47.6 Å². The number of anilines is 1. The van der Waals surface area contributed by atoms with E-state index in [1.165, 1.54) is 20.4 Å². The Labute approximate surface area is 139 Å². The molecule has 0 heterocycles. The lowest BCUT2D eigenvalue weighted by atomic mass is 10.2. The van der Waals surface area contributed by atoms with E-state index in [4.69, 9.17) is 19.4 Å². The first-order valence-electron chi connectivity index (χ1n) is 7.09. The van der Waals surface area contributed by atoms with E-state index in [0.29, 0.717) is 28.5 Å². The van der Waals surface area contributed by atoms with E-state index >= 15 is 0 Å². The van der Waals surface area contributed by atoms with Gasteiger partial charge < -0.3 is 24.7 Å². The van der Waals surface area contributed by atoms with Crippen molar-refractivity contribution < 1.29 is 24.2 Å². The molecule has 0 aliphatic heterocycles. The normalized spacial score (nSPS) is 10.4. The third-order valence-corrected chi connectivity index (χ3v) is 3.13. The minimum atomic E-state index is -0.331. The number of hydrogen-bond donors (Lipinski definition) is 2. The van der Waals surface area contributed by atoms with Gasteiger partial charge in [-0.3, -0.25) is 4.79 Å². The number of carbonyl (C=O) groups is 1. The lowest BCUT2D eigenvalue weighted by molar-refractivity contribution is -0.118. The number of para-hydroxylation sites is 2. The van der Waals surface area contributed by atoms with Crippen LogP contribution >= 0.6 is 0 Å². The highest BCUT2D eigenvalue weighted by molar-refractivity contribution is 5.93. The second-order valence-electron chi connectivity index (χ2n) is 4.69. The van der Waals surface area contributed by atoms with Crippen molar-refractivity contribution in [2.24, 2.45) is 5.16 Å². The summed E-state index contributed by atoms with van der Waals surface area (Å²) < 4.78 is 15.9. The molecule has 0 radical (unpaired) electrons. The van der Waals surface area contributed by atoms with Gasteiger partial charge >= 0.3 is 0 Å². The summed E-state index contributed by atoms with van der Waals surface area (Å²) in [6.07, 6.45) is 1.26. The third kappa shape index (κ3) is 4.39. The number of amides is 1. The van der Waals surface area contributed by atoms with Gasteiger partial charge in [-0.25, -0.2) is 0 Å². The molecule has 24 heavy (non-hydrogen) atoms. The number of oxime groups is 1. The van der Waals surface area contributed by atoms with Gasteiger partial charge in [-0.05, 0) is 30.3 Å². The largest absolute Gasteiger partial charge is 0.495 e. The zero-order valence-electron chi connectivity index (χ0n) is 13.4. The van der Waals surface area contributed by atoms with Crippen LogP contribution in [-0.4, -0.2) is 38.2 Å². The highest BCUT2D eigenvalue weighted by atomic mass is 16.5. The number of nitrogens with zero attached hydrogens (tertiary/aromatic N) is 1. The zero-order chi connectivity index (χ0) is 17.4. The Kier molecular flexibility index (Phi) is 6.01. The maximum Gasteiger partial charge on any atom is 0.262 e. The summed E-state index contributed by atoms with van der Waals surface area (Å²) in [5.41, 5.74) is 1.20. The van der Waals surface area contributed by atoms with Gasteiger partial charge in [0.15, 0.2) is 18.1 Å². The molecule has 0 fully saturated rings. The summed E-state index contributed by atoms with van der Waals surface area (Å²) in [7, 11) is 3.01. The lowest BCUT2D eigenvalue weighted by Gasteiger charge is -2.12. The third-order valence-electron chi connectivity index (χ3n) is 3.13. The quantitative estimate of drug-likeness (QED) is 0.462. The number of ether oxygens (including phenoxy) is 3. The number of rotatable bonds is 7.